The van der Waals surface area contributed by atoms with Gasteiger partial charge in [-0.2, -0.15) is 0 Å². The van der Waals surface area contributed by atoms with E-state index in [1.807, 2.05) is 26.0 Å². The molecule has 0 aliphatic rings. The van der Waals surface area contributed by atoms with Crippen LogP contribution in [0.4, 0.5) is 5.13 Å². The van der Waals surface area contributed by atoms with Crippen molar-refractivity contribution in [2.24, 2.45) is 0 Å². The molecule has 0 aliphatic heterocycles. The lowest BCUT2D eigenvalue weighted by Gasteiger charge is -2.00. The molecule has 0 fully saturated rings. The van der Waals surface area contributed by atoms with Crippen LogP contribution in [0.5, 0.6) is 0 Å². The minimum atomic E-state index is 0.683. The van der Waals surface area contributed by atoms with E-state index in [0.29, 0.717) is 6.54 Å². The number of halogens is 1. The predicted octanol–water partition coefficient (Wildman–Crippen LogP) is 4.28. The van der Waals surface area contributed by atoms with Gasteiger partial charge in [0.05, 0.1) is 15.9 Å². The number of nitrogens with zero attached hydrogens (tertiary/aromatic N) is 2. The van der Waals surface area contributed by atoms with Crippen LogP contribution in [0.15, 0.2) is 27.2 Å². The van der Waals surface area contributed by atoms with Crippen molar-refractivity contribution in [1.29, 1.82) is 0 Å². The molecule has 0 aliphatic carbocycles. The topological polar surface area (TPSA) is 51.0 Å². The van der Waals surface area contributed by atoms with Crippen LogP contribution in [-0.2, 0) is 6.54 Å². The quantitative estimate of drug-likeness (QED) is 0.775. The van der Waals surface area contributed by atoms with Crippen LogP contribution >= 0.6 is 27.3 Å². The Balaban J connectivity index is 1.82. The maximum atomic E-state index is 5.15. The molecule has 98 valence electrons. The Morgan fingerprint density at radius 1 is 1.37 bits per heavy atom. The molecule has 0 atom stereocenters. The number of thiazole rings is 1. The lowest BCUT2D eigenvalue weighted by Crippen LogP contribution is -2.00. The summed E-state index contributed by atoms with van der Waals surface area (Å²) in [7, 11) is 0. The molecule has 0 spiro atoms. The summed E-state index contributed by atoms with van der Waals surface area (Å²) in [5, 5.41) is 8.18. The summed E-state index contributed by atoms with van der Waals surface area (Å²) >= 11 is 5.10. The van der Waals surface area contributed by atoms with Crippen molar-refractivity contribution < 1.29 is 4.52 Å². The van der Waals surface area contributed by atoms with Gasteiger partial charge in [-0.1, -0.05) is 32.4 Å². The molecule has 0 unspecified atom stereocenters. The normalized spacial score (nSPS) is 11.1. The lowest BCUT2D eigenvalue weighted by molar-refractivity contribution is 0.392. The van der Waals surface area contributed by atoms with Gasteiger partial charge in [0.25, 0.3) is 0 Å². The number of hydrogen-bond acceptors (Lipinski definition) is 5. The largest absolute Gasteiger partial charge is 0.361 e. The third-order valence-electron chi connectivity index (χ3n) is 2.95. The third kappa shape index (κ3) is 2.50. The number of aromatic nitrogens is 2. The van der Waals surface area contributed by atoms with Crippen molar-refractivity contribution in [3.63, 3.8) is 0 Å². The molecule has 6 heteroatoms. The molecule has 4 nitrogen and oxygen atoms in total. The molecule has 1 N–H and O–H groups in total. The number of rotatable bonds is 3. The fourth-order valence-corrected chi connectivity index (χ4v) is 3.09. The van der Waals surface area contributed by atoms with Gasteiger partial charge in [-0.15, -0.1) is 0 Å². The summed E-state index contributed by atoms with van der Waals surface area (Å²) < 4.78 is 7.36. The highest BCUT2D eigenvalue weighted by molar-refractivity contribution is 9.10. The Bertz CT molecular complexity index is 715. The molecule has 19 heavy (non-hydrogen) atoms. The van der Waals surface area contributed by atoms with Crippen molar-refractivity contribution in [3.05, 3.63) is 39.7 Å². The Hall–Kier alpha value is -1.40. The van der Waals surface area contributed by atoms with Crippen molar-refractivity contribution in [3.8, 4) is 0 Å². The van der Waals surface area contributed by atoms with Gasteiger partial charge in [0.15, 0.2) is 5.13 Å². The monoisotopic (exact) mass is 337 g/mol. The molecule has 2 heterocycles. The first kappa shape index (κ1) is 12.6. The first-order valence-electron chi connectivity index (χ1n) is 5.85. The Kier molecular flexibility index (Phi) is 3.28. The fourth-order valence-electron chi connectivity index (χ4n) is 1.89. The van der Waals surface area contributed by atoms with Crippen LogP contribution in [0.3, 0.4) is 0 Å². The van der Waals surface area contributed by atoms with Gasteiger partial charge in [-0.3, -0.25) is 0 Å². The predicted molar refractivity (Wildman–Crippen MR) is 80.6 cm³/mol. The van der Waals surface area contributed by atoms with E-state index in [4.69, 9.17) is 4.52 Å². The molecular weight excluding hydrogens is 326 g/mol. The van der Waals surface area contributed by atoms with E-state index < -0.39 is 0 Å². The highest BCUT2D eigenvalue weighted by Gasteiger charge is 2.10. The Morgan fingerprint density at radius 3 is 2.95 bits per heavy atom. The zero-order valence-electron chi connectivity index (χ0n) is 10.5. The average molecular weight is 338 g/mol. The number of aryl methyl sites for hydroxylation is 2. The minimum Gasteiger partial charge on any atom is -0.361 e. The van der Waals surface area contributed by atoms with Crippen molar-refractivity contribution in [2.45, 2.75) is 20.4 Å². The Labute approximate surface area is 123 Å². The van der Waals surface area contributed by atoms with E-state index in [2.05, 4.69) is 37.5 Å². The van der Waals surface area contributed by atoms with Gasteiger partial charge in [-0.05, 0) is 32.0 Å². The molecule has 1 aromatic carbocycles. The van der Waals surface area contributed by atoms with Crippen molar-refractivity contribution in [2.75, 3.05) is 5.32 Å². The molecule has 2 aromatic heterocycles. The molecule has 0 radical (unpaired) electrons. The van der Waals surface area contributed by atoms with E-state index >= 15 is 0 Å². The van der Waals surface area contributed by atoms with Crippen LogP contribution in [0.2, 0.25) is 0 Å². The van der Waals surface area contributed by atoms with E-state index in [0.717, 1.165) is 32.1 Å². The second-order valence-corrected chi connectivity index (χ2v) is 6.23. The van der Waals surface area contributed by atoms with Gasteiger partial charge in [0.1, 0.15) is 5.76 Å². The van der Waals surface area contributed by atoms with E-state index in [9.17, 15) is 0 Å². The molecule has 0 bridgehead atoms. The molecular formula is C13H12BrN3OS. The second kappa shape index (κ2) is 4.94. The SMILES string of the molecule is Cc1noc(C)c1CNc1nc2cc(Br)ccc2s1. The lowest BCUT2D eigenvalue weighted by atomic mass is 10.2. The average Bonchev–Trinajstić information content (AvgIpc) is 2.91. The maximum Gasteiger partial charge on any atom is 0.184 e. The number of anilines is 1. The summed E-state index contributed by atoms with van der Waals surface area (Å²) in [6, 6.07) is 6.11. The minimum absolute atomic E-state index is 0.683. The van der Waals surface area contributed by atoms with E-state index in [1.165, 1.54) is 4.70 Å². The first-order valence-corrected chi connectivity index (χ1v) is 7.46. The molecule has 0 saturated carbocycles. The highest BCUT2D eigenvalue weighted by Crippen LogP contribution is 2.28. The van der Waals surface area contributed by atoms with Gasteiger partial charge in [0, 0.05) is 16.6 Å². The Morgan fingerprint density at radius 2 is 2.21 bits per heavy atom. The number of hydrogen-bond donors (Lipinski definition) is 1. The number of benzene rings is 1. The van der Waals surface area contributed by atoms with Gasteiger partial charge < -0.3 is 9.84 Å². The summed E-state index contributed by atoms with van der Waals surface area (Å²) in [5.41, 5.74) is 3.02. The van der Waals surface area contributed by atoms with Crippen molar-refractivity contribution in [1.82, 2.24) is 10.1 Å². The summed E-state index contributed by atoms with van der Waals surface area (Å²) in [6.45, 7) is 4.55. The second-order valence-electron chi connectivity index (χ2n) is 4.29. The first-order chi connectivity index (χ1) is 9.13. The third-order valence-corrected chi connectivity index (χ3v) is 4.43. The van der Waals surface area contributed by atoms with Crippen LogP contribution in [0.25, 0.3) is 10.2 Å². The van der Waals surface area contributed by atoms with Gasteiger partial charge >= 0.3 is 0 Å². The van der Waals surface area contributed by atoms with Crippen LogP contribution in [-0.4, -0.2) is 10.1 Å². The molecule has 0 saturated heterocycles. The zero-order chi connectivity index (χ0) is 13.4. The number of nitrogens with one attached hydrogen (secondary N) is 1. The smallest absolute Gasteiger partial charge is 0.184 e. The van der Waals surface area contributed by atoms with Gasteiger partial charge in [-0.25, -0.2) is 4.98 Å². The van der Waals surface area contributed by atoms with E-state index in [1.54, 1.807) is 11.3 Å². The number of fused-ring (bicyclic) bond motifs is 1. The van der Waals surface area contributed by atoms with Gasteiger partial charge in [0.2, 0.25) is 0 Å². The van der Waals surface area contributed by atoms with Crippen LogP contribution < -0.4 is 5.32 Å². The van der Waals surface area contributed by atoms with Crippen LogP contribution in [0.1, 0.15) is 17.0 Å². The summed E-state index contributed by atoms with van der Waals surface area (Å²) in [5.74, 6) is 0.855. The summed E-state index contributed by atoms with van der Waals surface area (Å²) in [4.78, 5) is 4.56. The zero-order valence-corrected chi connectivity index (χ0v) is 12.9. The molecule has 0 amide bonds. The standard InChI is InChI=1S/C13H12BrN3OS/c1-7-10(8(2)18-17-7)6-15-13-16-11-5-9(14)3-4-12(11)19-13/h3-5H,6H2,1-2H3,(H,15,16). The van der Waals surface area contributed by atoms with Crippen molar-refractivity contribution >= 4 is 42.6 Å². The summed E-state index contributed by atoms with van der Waals surface area (Å²) in [6.07, 6.45) is 0. The molecule has 3 rings (SSSR count). The van der Waals surface area contributed by atoms with E-state index in [-0.39, 0.29) is 0 Å². The van der Waals surface area contributed by atoms with Crippen LogP contribution in [0, 0.1) is 13.8 Å². The maximum absolute atomic E-state index is 5.15. The highest BCUT2D eigenvalue weighted by atomic mass is 79.9. The fraction of sp³-hybridized carbons (Fsp3) is 0.231. The molecule has 3 aromatic rings.